The molecule has 0 aliphatic carbocycles. The van der Waals surface area contributed by atoms with Crippen molar-refractivity contribution >= 4 is 22.4 Å². The minimum Gasteiger partial charge on any atom is -0.495 e. The number of nitrogens with zero attached hydrogens (tertiary/aromatic N) is 5. The number of para-hydroxylation sites is 3. The zero-order valence-corrected chi connectivity index (χ0v) is 24.5. The van der Waals surface area contributed by atoms with Crippen LogP contribution in [0, 0.1) is 5.41 Å². The first kappa shape index (κ1) is 26.8. The highest BCUT2D eigenvalue weighted by Crippen LogP contribution is 2.57. The first-order valence-electron chi connectivity index (χ1n) is 15.5. The van der Waals surface area contributed by atoms with E-state index < -0.39 is 6.10 Å². The second-order valence-electron chi connectivity index (χ2n) is 12.3. The molecule has 2 aromatic carbocycles. The Kier molecular flexibility index (Phi) is 7.17. The number of oxime groups is 1. The molecule has 8 heteroatoms. The summed E-state index contributed by atoms with van der Waals surface area (Å²) in [7, 11) is 1.72. The Balaban J connectivity index is 1.05. The van der Waals surface area contributed by atoms with Crippen LogP contribution in [0.4, 0.5) is 5.69 Å². The van der Waals surface area contributed by atoms with Gasteiger partial charge in [-0.25, -0.2) is 0 Å². The van der Waals surface area contributed by atoms with Gasteiger partial charge in [-0.15, -0.1) is 0 Å². The van der Waals surface area contributed by atoms with E-state index in [4.69, 9.17) is 14.7 Å². The second-order valence-corrected chi connectivity index (χ2v) is 12.3. The molecule has 2 fully saturated rings. The van der Waals surface area contributed by atoms with Crippen molar-refractivity contribution in [1.82, 2.24) is 14.4 Å². The van der Waals surface area contributed by atoms with E-state index >= 15 is 0 Å². The fraction of sp³-hybridized carbons (Fsp3) is 0.545. The Bertz CT molecular complexity index is 1430. The number of anilines is 1. The molecule has 0 amide bonds. The molecule has 218 valence electrons. The molecule has 3 atom stereocenters. The molecule has 4 aliphatic rings. The maximum Gasteiger partial charge on any atom is 0.153 e. The van der Waals surface area contributed by atoms with Gasteiger partial charge in [0.15, 0.2) is 5.84 Å². The Morgan fingerprint density at radius 3 is 2.66 bits per heavy atom. The van der Waals surface area contributed by atoms with E-state index in [0.717, 1.165) is 69.3 Å². The largest absolute Gasteiger partial charge is 0.495 e. The number of aromatic nitrogens is 1. The predicted molar refractivity (Wildman–Crippen MR) is 163 cm³/mol. The average molecular weight is 558 g/mol. The number of piperidine rings is 1. The van der Waals surface area contributed by atoms with Gasteiger partial charge in [-0.05, 0) is 61.4 Å². The molecule has 41 heavy (non-hydrogen) atoms. The van der Waals surface area contributed by atoms with Crippen LogP contribution in [0.1, 0.15) is 49.9 Å². The van der Waals surface area contributed by atoms with Crippen molar-refractivity contribution in [2.45, 2.75) is 51.2 Å². The SMILES string of the molecule is CCC12CCCN3CCc4c(n(c5ccccc45)C(=NOCC(O)CN4CCN(c5ccccc5OC)CC4)C1)C32. The molecular weight excluding hydrogens is 514 g/mol. The van der Waals surface area contributed by atoms with Crippen LogP contribution in [0.5, 0.6) is 5.75 Å². The summed E-state index contributed by atoms with van der Waals surface area (Å²) in [5, 5.41) is 17.1. The summed E-state index contributed by atoms with van der Waals surface area (Å²) in [6.07, 6.45) is 5.03. The summed E-state index contributed by atoms with van der Waals surface area (Å²) in [5.41, 5.74) is 5.52. The molecule has 3 unspecified atom stereocenters. The van der Waals surface area contributed by atoms with E-state index in [1.165, 1.54) is 41.5 Å². The van der Waals surface area contributed by atoms with Gasteiger partial charge in [0.25, 0.3) is 0 Å². The van der Waals surface area contributed by atoms with Crippen molar-refractivity contribution in [2.75, 3.05) is 64.4 Å². The zero-order valence-electron chi connectivity index (χ0n) is 24.5. The molecule has 8 nitrogen and oxygen atoms in total. The minimum absolute atomic E-state index is 0.194. The van der Waals surface area contributed by atoms with Gasteiger partial charge in [0.1, 0.15) is 18.5 Å². The Hall–Kier alpha value is -3.07. The summed E-state index contributed by atoms with van der Waals surface area (Å²) in [6.45, 7) is 9.06. The van der Waals surface area contributed by atoms with Crippen molar-refractivity contribution < 1.29 is 14.7 Å². The smallest absolute Gasteiger partial charge is 0.153 e. The lowest BCUT2D eigenvalue weighted by molar-refractivity contribution is -0.00749. The van der Waals surface area contributed by atoms with E-state index in [1.54, 1.807) is 7.11 Å². The second kappa shape index (κ2) is 11.0. The number of β-amino-alcohol motifs (C(OH)–C–C–N with tert-alkyl or cyclic N) is 1. The number of piperazine rings is 1. The highest BCUT2D eigenvalue weighted by molar-refractivity contribution is 6.00. The van der Waals surface area contributed by atoms with E-state index in [0.29, 0.717) is 12.6 Å². The molecule has 0 radical (unpaired) electrons. The highest BCUT2D eigenvalue weighted by Gasteiger charge is 2.52. The highest BCUT2D eigenvalue weighted by atomic mass is 16.6. The van der Waals surface area contributed by atoms with Crippen molar-refractivity contribution in [3.8, 4) is 5.75 Å². The molecule has 1 N–H and O–H groups in total. The number of fused-ring (bicyclic) bond motifs is 3. The van der Waals surface area contributed by atoms with Crippen LogP contribution >= 0.6 is 0 Å². The topological polar surface area (TPSA) is 65.7 Å². The summed E-state index contributed by atoms with van der Waals surface area (Å²) in [5.74, 6) is 1.91. The third kappa shape index (κ3) is 4.60. The van der Waals surface area contributed by atoms with Crippen LogP contribution in [0.15, 0.2) is 53.7 Å². The lowest BCUT2D eigenvalue weighted by Crippen LogP contribution is -2.53. The van der Waals surface area contributed by atoms with Gasteiger partial charge < -0.3 is 19.6 Å². The van der Waals surface area contributed by atoms with E-state index in [1.807, 2.05) is 12.1 Å². The number of benzene rings is 2. The normalized spacial score (nSPS) is 26.3. The number of aliphatic hydroxyl groups excluding tert-OH is 1. The number of hydrogen-bond acceptors (Lipinski definition) is 7. The van der Waals surface area contributed by atoms with E-state index in [-0.39, 0.29) is 12.0 Å². The maximum absolute atomic E-state index is 10.9. The van der Waals surface area contributed by atoms with Gasteiger partial charge in [0.05, 0.1) is 24.4 Å². The van der Waals surface area contributed by atoms with E-state index in [2.05, 4.69) is 62.6 Å². The van der Waals surface area contributed by atoms with Crippen LogP contribution in [0.2, 0.25) is 0 Å². The molecule has 7 rings (SSSR count). The number of aliphatic hydroxyl groups is 1. The van der Waals surface area contributed by atoms with Gasteiger partial charge in [0.2, 0.25) is 0 Å². The van der Waals surface area contributed by atoms with Crippen molar-refractivity contribution in [1.29, 1.82) is 0 Å². The summed E-state index contributed by atoms with van der Waals surface area (Å²) in [4.78, 5) is 13.4. The molecule has 2 saturated heterocycles. The van der Waals surface area contributed by atoms with Crippen molar-refractivity contribution in [2.24, 2.45) is 10.6 Å². The van der Waals surface area contributed by atoms with Crippen LogP contribution in [-0.2, 0) is 11.3 Å². The lowest BCUT2D eigenvalue weighted by atomic mass is 9.64. The van der Waals surface area contributed by atoms with Gasteiger partial charge in [-0.3, -0.25) is 14.4 Å². The first-order chi connectivity index (χ1) is 20.1. The Morgan fingerprint density at radius 2 is 1.83 bits per heavy atom. The van der Waals surface area contributed by atoms with Crippen LogP contribution in [0.25, 0.3) is 10.9 Å². The molecule has 0 saturated carbocycles. The minimum atomic E-state index is -0.589. The molecule has 1 aromatic heterocycles. The quantitative estimate of drug-likeness (QED) is 0.412. The lowest BCUT2D eigenvalue weighted by Gasteiger charge is -2.55. The van der Waals surface area contributed by atoms with Gasteiger partial charge >= 0.3 is 0 Å². The standard InChI is InChI=1S/C33H43N5O3/c1-3-33-14-8-15-37-16-13-26-25-9-4-5-10-27(25)38(31(26)32(33)37)30(21-33)34-41-23-24(39)22-35-17-19-36(20-18-35)28-11-6-7-12-29(28)40-2/h4-7,9-12,24,32,39H,3,8,13-23H2,1-2H3. The molecule has 0 spiro atoms. The summed E-state index contributed by atoms with van der Waals surface area (Å²) < 4.78 is 7.96. The summed E-state index contributed by atoms with van der Waals surface area (Å²) >= 11 is 0. The summed E-state index contributed by atoms with van der Waals surface area (Å²) in [6, 6.07) is 17.4. The number of rotatable bonds is 8. The van der Waals surface area contributed by atoms with Crippen LogP contribution in [-0.4, -0.2) is 90.9 Å². The molecule has 0 bridgehead atoms. The fourth-order valence-electron chi connectivity index (χ4n) is 8.16. The molecule has 5 heterocycles. The van der Waals surface area contributed by atoms with Crippen molar-refractivity contribution in [3.05, 3.63) is 59.8 Å². The molecular formula is C33H43N5O3. The number of ether oxygens (including phenoxy) is 1. The Labute approximate surface area is 243 Å². The Morgan fingerprint density at radius 1 is 1.02 bits per heavy atom. The number of methoxy groups -OCH3 is 1. The maximum atomic E-state index is 10.9. The van der Waals surface area contributed by atoms with Crippen LogP contribution < -0.4 is 9.64 Å². The zero-order chi connectivity index (χ0) is 28.0. The average Bonchev–Trinajstić information content (AvgIpc) is 3.36. The molecule has 4 aliphatic heterocycles. The fourth-order valence-corrected chi connectivity index (χ4v) is 8.16. The third-order valence-corrected chi connectivity index (χ3v) is 10.2. The first-order valence-corrected chi connectivity index (χ1v) is 15.5. The van der Waals surface area contributed by atoms with Crippen LogP contribution in [0.3, 0.4) is 0 Å². The predicted octanol–water partition coefficient (Wildman–Crippen LogP) is 4.50. The van der Waals surface area contributed by atoms with Gasteiger partial charge in [-0.2, -0.15) is 0 Å². The third-order valence-electron chi connectivity index (χ3n) is 10.2. The van der Waals surface area contributed by atoms with Crippen molar-refractivity contribution in [3.63, 3.8) is 0 Å². The number of hydrogen-bond donors (Lipinski definition) is 1. The monoisotopic (exact) mass is 557 g/mol. The van der Waals surface area contributed by atoms with E-state index in [9.17, 15) is 5.11 Å². The van der Waals surface area contributed by atoms with Gasteiger partial charge in [-0.1, -0.05) is 42.4 Å². The van der Waals surface area contributed by atoms with Gasteiger partial charge in [0, 0.05) is 56.8 Å². The molecule has 3 aromatic rings.